The summed E-state index contributed by atoms with van der Waals surface area (Å²) in [6.07, 6.45) is 9.93. The van der Waals surface area contributed by atoms with E-state index in [-0.39, 0.29) is 72.3 Å². The van der Waals surface area contributed by atoms with Crippen LogP contribution in [0.1, 0.15) is 110 Å². The first kappa shape index (κ1) is 32.9. The number of hydrazine groups is 1. The fraction of sp³-hybridized carbons (Fsp3) is 0.818. The molecule has 44 heavy (non-hydrogen) atoms. The summed E-state index contributed by atoms with van der Waals surface area (Å²) in [7, 11) is 0. The van der Waals surface area contributed by atoms with Gasteiger partial charge in [-0.2, -0.15) is 0 Å². The zero-order valence-corrected chi connectivity index (χ0v) is 26.3. The number of nitrogens with two attached hydrogens (primary N) is 1. The molecule has 0 aromatic rings. The Hall–Kier alpha value is -2.50. The summed E-state index contributed by atoms with van der Waals surface area (Å²) in [6.45, 7) is 4.80. The number of aliphatic hydroxyl groups excluding tert-OH is 1. The normalized spacial score (nSPS) is 39.3. The Morgan fingerprint density at radius 3 is 2.52 bits per heavy atom. The molecule has 0 bridgehead atoms. The number of allylic oxidation sites excluding steroid dienone is 1. The third-order valence-corrected chi connectivity index (χ3v) is 12.4. The van der Waals surface area contributed by atoms with E-state index in [4.69, 9.17) is 15.3 Å². The summed E-state index contributed by atoms with van der Waals surface area (Å²) in [6, 6.07) is 0. The molecule has 0 saturated heterocycles. The molecular formula is C33H51N3O8. The van der Waals surface area contributed by atoms with Crippen LogP contribution in [0.15, 0.2) is 11.8 Å². The van der Waals surface area contributed by atoms with Crippen LogP contribution in [-0.2, 0) is 28.7 Å². The Morgan fingerprint density at radius 2 is 1.80 bits per heavy atom. The van der Waals surface area contributed by atoms with E-state index in [0.29, 0.717) is 50.3 Å². The van der Waals surface area contributed by atoms with E-state index < -0.39 is 17.1 Å². The molecule has 1 heterocycles. The minimum absolute atomic E-state index is 0.0381. The number of cyclic esters (lactones) is 1. The Balaban J connectivity index is 1.10. The molecule has 0 spiro atoms. The van der Waals surface area contributed by atoms with Gasteiger partial charge in [0.25, 0.3) is 0 Å². The number of unbranched alkanes of at least 4 members (excludes halogenated alkanes) is 2. The monoisotopic (exact) mass is 617 g/mol. The quantitative estimate of drug-likeness (QED) is 0.0767. The first-order valence-corrected chi connectivity index (χ1v) is 16.7. The summed E-state index contributed by atoms with van der Waals surface area (Å²) in [5.74, 6) is 5.04. The Labute approximate surface area is 260 Å². The topological polar surface area (TPSA) is 177 Å². The number of fused-ring (bicyclic) bond motifs is 5. The van der Waals surface area contributed by atoms with Crippen molar-refractivity contribution in [3.8, 4) is 0 Å². The lowest BCUT2D eigenvalue weighted by molar-refractivity contribution is -0.247. The van der Waals surface area contributed by atoms with Crippen LogP contribution in [0.3, 0.4) is 0 Å². The molecule has 4 saturated carbocycles. The largest absolute Gasteiger partial charge is 0.462 e. The molecule has 11 nitrogen and oxygen atoms in total. The van der Waals surface area contributed by atoms with Crippen LogP contribution in [0.2, 0.25) is 0 Å². The highest BCUT2D eigenvalue weighted by Crippen LogP contribution is 2.70. The van der Waals surface area contributed by atoms with Crippen molar-refractivity contribution in [2.45, 2.75) is 128 Å². The maximum absolute atomic E-state index is 12.6. The molecule has 4 fully saturated rings. The van der Waals surface area contributed by atoms with Crippen molar-refractivity contribution in [3.05, 3.63) is 11.8 Å². The number of ether oxygens (including phenoxy) is 2. The van der Waals surface area contributed by atoms with E-state index in [9.17, 15) is 29.4 Å². The molecule has 0 aromatic carbocycles. The zero-order valence-electron chi connectivity index (χ0n) is 26.3. The molecule has 1 aliphatic heterocycles. The van der Waals surface area contributed by atoms with Gasteiger partial charge in [0, 0.05) is 30.7 Å². The van der Waals surface area contributed by atoms with Gasteiger partial charge in [-0.3, -0.25) is 24.6 Å². The molecule has 4 aliphatic carbocycles. The number of rotatable bonds is 11. The number of amides is 2. The number of hydrogen-bond acceptors (Lipinski definition) is 9. The second kappa shape index (κ2) is 13.1. The van der Waals surface area contributed by atoms with Gasteiger partial charge < -0.3 is 25.0 Å². The summed E-state index contributed by atoms with van der Waals surface area (Å²) >= 11 is 0. The first-order valence-electron chi connectivity index (χ1n) is 16.7. The third kappa shape index (κ3) is 6.03. The molecule has 5 rings (SSSR count). The molecule has 246 valence electrons. The van der Waals surface area contributed by atoms with Crippen LogP contribution in [0.25, 0.3) is 0 Å². The smallest absolute Gasteiger partial charge is 0.314 e. The van der Waals surface area contributed by atoms with Crippen molar-refractivity contribution < 1.29 is 38.9 Å². The van der Waals surface area contributed by atoms with E-state index in [0.717, 1.165) is 44.9 Å². The van der Waals surface area contributed by atoms with Gasteiger partial charge in [0.15, 0.2) is 0 Å². The number of nitrogens with one attached hydrogen (secondary N) is 2. The molecule has 0 aromatic heterocycles. The van der Waals surface area contributed by atoms with Gasteiger partial charge in [-0.15, -0.1) is 0 Å². The minimum Gasteiger partial charge on any atom is -0.462 e. The maximum Gasteiger partial charge on any atom is 0.314 e. The van der Waals surface area contributed by atoms with Gasteiger partial charge >= 0.3 is 11.9 Å². The lowest BCUT2D eigenvalue weighted by Crippen LogP contribution is -2.67. The van der Waals surface area contributed by atoms with Gasteiger partial charge in [-0.05, 0) is 93.5 Å². The van der Waals surface area contributed by atoms with E-state index in [1.165, 1.54) is 0 Å². The summed E-state index contributed by atoms with van der Waals surface area (Å²) in [5, 5.41) is 26.9. The first-order chi connectivity index (χ1) is 20.9. The van der Waals surface area contributed by atoms with E-state index in [1.807, 2.05) is 13.0 Å². The van der Waals surface area contributed by atoms with Crippen LogP contribution in [-0.4, -0.2) is 58.3 Å². The number of esters is 2. The average molecular weight is 618 g/mol. The molecule has 2 amide bonds. The third-order valence-electron chi connectivity index (χ3n) is 12.4. The summed E-state index contributed by atoms with van der Waals surface area (Å²) < 4.78 is 11.4. The highest BCUT2D eigenvalue weighted by Gasteiger charge is 2.71. The minimum atomic E-state index is -1.03. The fourth-order valence-corrected chi connectivity index (χ4v) is 9.78. The van der Waals surface area contributed by atoms with Crippen molar-refractivity contribution in [1.29, 1.82) is 0 Å². The van der Waals surface area contributed by atoms with E-state index in [2.05, 4.69) is 17.7 Å². The molecule has 11 heteroatoms. The van der Waals surface area contributed by atoms with Gasteiger partial charge in [0.2, 0.25) is 11.8 Å². The Kier molecular flexibility index (Phi) is 9.78. The van der Waals surface area contributed by atoms with E-state index in [1.54, 1.807) is 0 Å². The van der Waals surface area contributed by atoms with Crippen molar-refractivity contribution in [2.24, 2.45) is 40.3 Å². The van der Waals surface area contributed by atoms with Gasteiger partial charge in [-0.1, -0.05) is 20.3 Å². The summed E-state index contributed by atoms with van der Waals surface area (Å²) in [4.78, 5) is 47.8. The molecular weight excluding hydrogens is 566 g/mol. The van der Waals surface area contributed by atoms with Crippen LogP contribution in [0.4, 0.5) is 0 Å². The molecule has 5 aliphatic rings. The van der Waals surface area contributed by atoms with Crippen molar-refractivity contribution in [1.82, 2.24) is 10.7 Å². The van der Waals surface area contributed by atoms with Crippen molar-refractivity contribution in [2.75, 3.05) is 6.54 Å². The molecule has 6 N–H and O–H groups in total. The number of hydrogen-bond donors (Lipinski definition) is 5. The van der Waals surface area contributed by atoms with Gasteiger partial charge in [0.05, 0.1) is 24.5 Å². The van der Waals surface area contributed by atoms with Crippen LogP contribution < -0.4 is 16.6 Å². The average Bonchev–Trinajstić information content (AvgIpc) is 3.54. The highest BCUT2D eigenvalue weighted by atomic mass is 16.5. The maximum atomic E-state index is 12.6. The standard InChI is InChI=1S/C33H51N3O8/c1-31-15-13-21(43-29(40)12-10-27(38)35-17-5-3-4-6-28(39)36-34)18-20(31)7-8-22-24(31)19-26(37)32(2)23(14-16-33(22,32)42)25-9-11-30(41)44-25/h9,20-24,26,37,42H,3-8,10-19,34H2,1-2H3,(H,35,38)(H,36,39)/t20?,21-,22?,23?,24?,26+,31?,32?,33?/m1/s1. The predicted octanol–water partition coefficient (Wildman–Crippen LogP) is 2.92. The SMILES string of the molecule is CC12CC[C@@H](OC(=O)CCC(=O)NCCCCCC(=O)NN)CC1CCC1C2C[C@H](O)C2(C)C(C3=CCC(=O)O3)CCC12O. The summed E-state index contributed by atoms with van der Waals surface area (Å²) in [5.41, 5.74) is 0.219. The highest BCUT2D eigenvalue weighted by molar-refractivity contribution is 5.81. The van der Waals surface area contributed by atoms with Crippen molar-refractivity contribution in [3.63, 3.8) is 0 Å². The molecule has 7 unspecified atom stereocenters. The van der Waals surface area contributed by atoms with Crippen molar-refractivity contribution >= 4 is 23.8 Å². The zero-order chi connectivity index (χ0) is 31.7. The van der Waals surface area contributed by atoms with Gasteiger partial charge in [-0.25, -0.2) is 5.84 Å². The van der Waals surface area contributed by atoms with Crippen LogP contribution in [0.5, 0.6) is 0 Å². The lowest BCUT2D eigenvalue weighted by Gasteiger charge is -2.64. The lowest BCUT2D eigenvalue weighted by atomic mass is 9.42. The fourth-order valence-electron chi connectivity index (χ4n) is 9.78. The van der Waals surface area contributed by atoms with Crippen LogP contribution in [0, 0.1) is 34.5 Å². The Bertz CT molecular complexity index is 1160. The van der Waals surface area contributed by atoms with Crippen LogP contribution >= 0.6 is 0 Å². The number of carbonyl (C=O) groups is 4. The molecule has 0 radical (unpaired) electrons. The molecule has 9 atom stereocenters. The number of carbonyl (C=O) groups excluding carboxylic acids is 4. The Morgan fingerprint density at radius 1 is 1.00 bits per heavy atom. The van der Waals surface area contributed by atoms with E-state index >= 15 is 0 Å². The van der Waals surface area contributed by atoms with Gasteiger partial charge in [0.1, 0.15) is 11.9 Å². The second-order valence-electron chi connectivity index (χ2n) is 14.4. The predicted molar refractivity (Wildman–Crippen MR) is 160 cm³/mol. The second-order valence-corrected chi connectivity index (χ2v) is 14.4. The number of aliphatic hydroxyl groups is 2.